The second kappa shape index (κ2) is 3.37. The molecule has 0 spiro atoms. The zero-order chi connectivity index (χ0) is 9.03. The Kier molecular flexibility index (Phi) is 2.46. The van der Waals surface area contributed by atoms with Gasteiger partial charge in [-0.3, -0.25) is 0 Å². The molecule has 0 bridgehead atoms. The standard InChI is InChI=1S/C8H6FNOS/c1-2-10-12(9,11)8-6-4-3-5-7-8/h1,3-7H. The summed E-state index contributed by atoms with van der Waals surface area (Å²) in [5.74, 6) is 0. The van der Waals surface area contributed by atoms with E-state index in [9.17, 15) is 8.09 Å². The van der Waals surface area contributed by atoms with Crippen LogP contribution in [0.3, 0.4) is 0 Å². The maximum absolute atomic E-state index is 13.0. The monoisotopic (exact) mass is 183 g/mol. The first kappa shape index (κ1) is 8.75. The Morgan fingerprint density at radius 2 is 2.00 bits per heavy atom. The second-order valence-electron chi connectivity index (χ2n) is 1.99. The van der Waals surface area contributed by atoms with Crippen LogP contribution in [0.5, 0.6) is 0 Å². The van der Waals surface area contributed by atoms with Gasteiger partial charge in [-0.15, -0.1) is 8.25 Å². The first-order chi connectivity index (χ1) is 5.67. The lowest BCUT2D eigenvalue weighted by Gasteiger charge is -1.95. The summed E-state index contributed by atoms with van der Waals surface area (Å²) in [6, 6.07) is 9.27. The molecule has 0 aliphatic heterocycles. The molecule has 0 aliphatic rings. The number of rotatable bonds is 1. The van der Waals surface area contributed by atoms with Crippen LogP contribution in [0, 0.1) is 12.5 Å². The van der Waals surface area contributed by atoms with Gasteiger partial charge < -0.3 is 0 Å². The Morgan fingerprint density at radius 3 is 2.50 bits per heavy atom. The molecule has 12 heavy (non-hydrogen) atoms. The summed E-state index contributed by atoms with van der Waals surface area (Å²) in [4.78, 5) is 0.00273. The van der Waals surface area contributed by atoms with Crippen molar-refractivity contribution in [2.75, 3.05) is 0 Å². The van der Waals surface area contributed by atoms with E-state index in [1.807, 2.05) is 0 Å². The van der Waals surface area contributed by atoms with Crippen LogP contribution in [0.4, 0.5) is 3.89 Å². The van der Waals surface area contributed by atoms with E-state index in [1.54, 1.807) is 24.2 Å². The Balaban J connectivity index is 3.28. The fourth-order valence-electron chi connectivity index (χ4n) is 0.709. The summed E-state index contributed by atoms with van der Waals surface area (Å²) in [5, 5.41) is 0. The van der Waals surface area contributed by atoms with Crippen LogP contribution in [0.1, 0.15) is 0 Å². The fraction of sp³-hybridized carbons (Fsp3) is 0. The van der Waals surface area contributed by atoms with Crippen LogP contribution in [0.15, 0.2) is 39.6 Å². The van der Waals surface area contributed by atoms with Crippen molar-refractivity contribution in [3.8, 4) is 12.5 Å². The summed E-state index contributed by atoms with van der Waals surface area (Å²) in [6.45, 7) is 0. The molecule has 4 heteroatoms. The highest BCUT2D eigenvalue weighted by Gasteiger charge is 2.07. The average Bonchev–Trinajstić information content (AvgIpc) is 2.06. The number of terminal acetylenes is 1. The van der Waals surface area contributed by atoms with Crippen LogP contribution in [0.2, 0.25) is 0 Å². The zero-order valence-electron chi connectivity index (χ0n) is 6.11. The van der Waals surface area contributed by atoms with Crippen LogP contribution in [-0.4, -0.2) is 4.21 Å². The highest BCUT2D eigenvalue weighted by molar-refractivity contribution is 7.88. The molecular weight excluding hydrogens is 177 g/mol. The lowest BCUT2D eigenvalue weighted by molar-refractivity contribution is 0.639. The minimum Gasteiger partial charge on any atom is -0.210 e. The molecule has 1 atom stereocenters. The van der Waals surface area contributed by atoms with Crippen LogP contribution < -0.4 is 0 Å². The molecule has 1 unspecified atom stereocenters. The van der Waals surface area contributed by atoms with Gasteiger partial charge in [0.15, 0.2) is 0 Å². The number of nitrogens with zero attached hydrogens (tertiary/aromatic N) is 1. The molecule has 0 heterocycles. The molecule has 62 valence electrons. The molecule has 0 fully saturated rings. The number of hydrogen-bond acceptors (Lipinski definition) is 2. The van der Waals surface area contributed by atoms with Gasteiger partial charge in [-0.05, 0) is 12.1 Å². The topological polar surface area (TPSA) is 29.4 Å². The predicted octanol–water partition coefficient (Wildman–Crippen LogP) is 1.99. The summed E-state index contributed by atoms with van der Waals surface area (Å²) >= 11 is 0. The lowest BCUT2D eigenvalue weighted by Crippen LogP contribution is -1.89. The largest absolute Gasteiger partial charge is 0.243 e. The molecule has 0 N–H and O–H groups in total. The van der Waals surface area contributed by atoms with E-state index in [1.165, 1.54) is 12.1 Å². The van der Waals surface area contributed by atoms with Crippen molar-refractivity contribution in [1.29, 1.82) is 0 Å². The normalized spacial score (nSPS) is 14.3. The van der Waals surface area contributed by atoms with Gasteiger partial charge >= 0.3 is 0 Å². The molecular formula is C8H6FNOS. The Bertz CT molecular complexity index is 412. The highest BCUT2D eigenvalue weighted by Crippen LogP contribution is 2.13. The number of benzene rings is 1. The van der Waals surface area contributed by atoms with Gasteiger partial charge in [-0.25, -0.2) is 4.21 Å². The van der Waals surface area contributed by atoms with E-state index in [0.717, 1.165) is 0 Å². The van der Waals surface area contributed by atoms with Gasteiger partial charge in [0.05, 0.1) is 4.90 Å². The molecule has 0 saturated carbocycles. The molecule has 1 aromatic carbocycles. The Labute approximate surface area is 70.9 Å². The second-order valence-corrected chi connectivity index (χ2v) is 3.56. The van der Waals surface area contributed by atoms with Gasteiger partial charge in [0.25, 0.3) is 0 Å². The Morgan fingerprint density at radius 1 is 1.42 bits per heavy atom. The molecule has 1 aromatic rings. The summed E-state index contributed by atoms with van der Waals surface area (Å²) in [5.41, 5.74) is 0. The van der Waals surface area contributed by atoms with Gasteiger partial charge in [0, 0.05) is 6.04 Å². The van der Waals surface area contributed by atoms with Crippen molar-refractivity contribution >= 4 is 10.1 Å². The summed E-state index contributed by atoms with van der Waals surface area (Å²) in [7, 11) is -3.87. The van der Waals surface area contributed by atoms with Crippen molar-refractivity contribution in [2.24, 2.45) is 4.36 Å². The van der Waals surface area contributed by atoms with Crippen molar-refractivity contribution in [3.63, 3.8) is 0 Å². The minimum absolute atomic E-state index is 0.00273. The first-order valence-electron chi connectivity index (χ1n) is 3.13. The average molecular weight is 183 g/mol. The molecule has 0 radical (unpaired) electrons. The number of halogens is 1. The Hall–Kier alpha value is -1.34. The van der Waals surface area contributed by atoms with Crippen molar-refractivity contribution in [2.45, 2.75) is 4.90 Å². The van der Waals surface area contributed by atoms with E-state index in [2.05, 4.69) is 4.36 Å². The third-order valence-corrected chi connectivity index (χ3v) is 2.40. The quantitative estimate of drug-likeness (QED) is 0.483. The number of hydrogen-bond donors (Lipinski definition) is 0. The molecule has 0 saturated heterocycles. The summed E-state index contributed by atoms with van der Waals surface area (Å²) < 4.78 is 27.0. The third-order valence-electron chi connectivity index (χ3n) is 1.20. The van der Waals surface area contributed by atoms with Crippen LogP contribution >= 0.6 is 0 Å². The molecule has 0 aromatic heterocycles. The maximum atomic E-state index is 13.0. The molecule has 0 aliphatic carbocycles. The third kappa shape index (κ3) is 1.83. The minimum atomic E-state index is -3.87. The van der Waals surface area contributed by atoms with Gasteiger partial charge in [0.1, 0.15) is 0 Å². The van der Waals surface area contributed by atoms with Crippen molar-refractivity contribution in [1.82, 2.24) is 0 Å². The van der Waals surface area contributed by atoms with Crippen LogP contribution in [-0.2, 0) is 10.1 Å². The van der Waals surface area contributed by atoms with Gasteiger partial charge in [-0.1, -0.05) is 24.6 Å². The van der Waals surface area contributed by atoms with E-state index < -0.39 is 10.1 Å². The first-order valence-corrected chi connectivity index (χ1v) is 4.55. The van der Waals surface area contributed by atoms with Crippen molar-refractivity contribution < 1.29 is 8.09 Å². The molecule has 0 amide bonds. The fourth-order valence-corrected chi connectivity index (χ4v) is 1.44. The maximum Gasteiger partial charge on any atom is 0.243 e. The van der Waals surface area contributed by atoms with E-state index in [0.29, 0.717) is 0 Å². The predicted molar refractivity (Wildman–Crippen MR) is 45.2 cm³/mol. The van der Waals surface area contributed by atoms with E-state index in [-0.39, 0.29) is 4.90 Å². The van der Waals surface area contributed by atoms with E-state index >= 15 is 0 Å². The van der Waals surface area contributed by atoms with E-state index in [4.69, 9.17) is 6.42 Å². The van der Waals surface area contributed by atoms with Gasteiger partial charge in [-0.2, -0.15) is 0 Å². The molecule has 1 rings (SSSR count). The highest BCUT2D eigenvalue weighted by atomic mass is 32.3. The zero-order valence-corrected chi connectivity index (χ0v) is 6.92. The van der Waals surface area contributed by atoms with Gasteiger partial charge in [0.2, 0.25) is 10.1 Å². The van der Waals surface area contributed by atoms with Crippen LogP contribution in [0.25, 0.3) is 0 Å². The molecule has 2 nitrogen and oxygen atoms in total. The summed E-state index contributed by atoms with van der Waals surface area (Å²) in [6.07, 6.45) is 4.72. The van der Waals surface area contributed by atoms with Crippen molar-refractivity contribution in [3.05, 3.63) is 30.3 Å². The SMILES string of the molecule is C#CN=S(=O)(F)c1ccccc1. The lowest BCUT2D eigenvalue weighted by atomic mass is 10.4. The smallest absolute Gasteiger partial charge is 0.210 e.